The predicted octanol–water partition coefficient (Wildman–Crippen LogP) is 3.69. The largest absolute Gasteiger partial charge is 0.496 e. The Hall–Kier alpha value is -2.67. The van der Waals surface area contributed by atoms with E-state index >= 15 is 0 Å². The number of aromatic nitrogens is 2. The van der Waals surface area contributed by atoms with Gasteiger partial charge in [-0.05, 0) is 12.1 Å². The van der Waals surface area contributed by atoms with Crippen molar-refractivity contribution in [2.24, 2.45) is 5.73 Å². The summed E-state index contributed by atoms with van der Waals surface area (Å²) in [6.45, 7) is 0. The van der Waals surface area contributed by atoms with Gasteiger partial charge in [-0.2, -0.15) is 0 Å². The third kappa shape index (κ3) is 4.17. The van der Waals surface area contributed by atoms with Crippen molar-refractivity contribution in [1.29, 1.82) is 0 Å². The van der Waals surface area contributed by atoms with E-state index < -0.39 is 6.09 Å². The van der Waals surface area contributed by atoms with Gasteiger partial charge in [0.2, 0.25) is 0 Å². The number of methoxy groups -OCH3 is 1. The van der Waals surface area contributed by atoms with Gasteiger partial charge in [-0.1, -0.05) is 46.3 Å². The zero-order valence-corrected chi connectivity index (χ0v) is 13.7. The lowest BCUT2D eigenvalue weighted by molar-refractivity contribution is 0.205. The van der Waals surface area contributed by atoms with Crippen LogP contribution in [0.3, 0.4) is 0 Å². The summed E-state index contributed by atoms with van der Waals surface area (Å²) in [4.78, 5) is 17.2. The van der Waals surface area contributed by atoms with Crippen LogP contribution in [-0.2, 0) is 0 Å². The zero-order chi connectivity index (χ0) is 17.7. The van der Waals surface area contributed by atoms with Crippen molar-refractivity contribution in [3.05, 3.63) is 53.2 Å². The minimum Gasteiger partial charge on any atom is -0.496 e. The van der Waals surface area contributed by atoms with E-state index in [9.17, 15) is 0 Å². The number of hydrogen-bond acceptors (Lipinski definition) is 4. The van der Waals surface area contributed by atoms with Gasteiger partial charge < -0.3 is 15.6 Å². The van der Waals surface area contributed by atoms with Crippen molar-refractivity contribution >= 4 is 32.9 Å². The molecule has 3 rings (SSSR count). The Bertz CT molecular complexity index is 866. The molecule has 2 aromatic carbocycles. The highest BCUT2D eigenvalue weighted by molar-refractivity contribution is 9.10. The van der Waals surface area contributed by atoms with Gasteiger partial charge in [0.1, 0.15) is 13.4 Å². The number of ether oxygens (including phenoxy) is 1. The van der Waals surface area contributed by atoms with E-state index in [0.717, 1.165) is 15.4 Å². The molecular weight excluding hydrogens is 362 g/mol. The molecule has 0 saturated heterocycles. The maximum atomic E-state index is 8.78. The Morgan fingerprint density at radius 1 is 1.30 bits per heavy atom. The minimum absolute atomic E-state index is 0.00324. The number of carbonyl (C=O) groups is 1. The average molecular weight is 377 g/mol. The monoisotopic (exact) mass is 376 g/mol. The SMILES string of the molecule is NC(=O)O.[2H]c1nc(-c2ccccc2)c2c(OC)cc(Br)cc2n1. The fraction of sp³-hybridized carbons (Fsp3) is 0.0625. The maximum Gasteiger partial charge on any atom is 0.402 e. The van der Waals surface area contributed by atoms with Crippen LogP contribution in [-0.4, -0.2) is 28.3 Å². The molecule has 0 fully saturated rings. The highest BCUT2D eigenvalue weighted by Crippen LogP contribution is 2.34. The summed E-state index contributed by atoms with van der Waals surface area (Å²) in [7, 11) is 1.62. The predicted molar refractivity (Wildman–Crippen MR) is 91.4 cm³/mol. The summed E-state index contributed by atoms with van der Waals surface area (Å²) in [5.74, 6) is 0.688. The summed E-state index contributed by atoms with van der Waals surface area (Å²) in [6.07, 6.45) is -1.34. The number of rotatable bonds is 2. The van der Waals surface area contributed by atoms with Crippen molar-refractivity contribution in [2.75, 3.05) is 7.11 Å². The molecule has 0 aliphatic heterocycles. The summed E-state index contributed by atoms with van der Waals surface area (Å²) in [5, 5.41) is 8.01. The second kappa shape index (κ2) is 7.55. The second-order valence-corrected chi connectivity index (χ2v) is 5.29. The molecule has 7 heteroatoms. The van der Waals surface area contributed by atoms with E-state index in [1.54, 1.807) is 7.11 Å². The number of fused-ring (bicyclic) bond motifs is 1. The van der Waals surface area contributed by atoms with Crippen molar-refractivity contribution < 1.29 is 16.0 Å². The number of nitrogens with two attached hydrogens (primary N) is 1. The number of halogens is 1. The normalized spacial score (nSPS) is 10.4. The molecule has 3 N–H and O–H groups in total. The first-order valence-corrected chi connectivity index (χ1v) is 7.27. The molecular formula is C16H14BrN3O3. The molecule has 3 aromatic rings. The van der Waals surface area contributed by atoms with Gasteiger partial charge in [0.25, 0.3) is 0 Å². The first-order valence-electron chi connectivity index (χ1n) is 6.98. The van der Waals surface area contributed by atoms with Crippen molar-refractivity contribution in [3.8, 4) is 17.0 Å². The Morgan fingerprint density at radius 2 is 1.96 bits per heavy atom. The van der Waals surface area contributed by atoms with Crippen molar-refractivity contribution in [1.82, 2.24) is 9.97 Å². The molecule has 23 heavy (non-hydrogen) atoms. The van der Waals surface area contributed by atoms with Gasteiger partial charge in [0.15, 0.2) is 0 Å². The van der Waals surface area contributed by atoms with E-state index in [-0.39, 0.29) is 6.30 Å². The number of benzene rings is 2. The van der Waals surface area contributed by atoms with E-state index in [1.807, 2.05) is 42.5 Å². The van der Waals surface area contributed by atoms with Gasteiger partial charge in [0.05, 0.1) is 23.7 Å². The smallest absolute Gasteiger partial charge is 0.402 e. The van der Waals surface area contributed by atoms with Crippen molar-refractivity contribution in [2.45, 2.75) is 0 Å². The minimum atomic E-state index is -1.33. The van der Waals surface area contributed by atoms with Crippen LogP contribution in [0.2, 0.25) is 0 Å². The molecule has 0 radical (unpaired) electrons. The first kappa shape index (κ1) is 15.2. The van der Waals surface area contributed by atoms with E-state index in [2.05, 4.69) is 31.6 Å². The van der Waals surface area contributed by atoms with Crippen LogP contribution in [0.15, 0.2) is 53.2 Å². The topological polar surface area (TPSA) is 98.3 Å². The third-order valence-electron chi connectivity index (χ3n) is 2.88. The van der Waals surface area contributed by atoms with Crippen LogP contribution in [0.25, 0.3) is 22.2 Å². The van der Waals surface area contributed by atoms with Gasteiger partial charge in [-0.15, -0.1) is 0 Å². The number of nitrogens with zero attached hydrogens (tertiary/aromatic N) is 2. The Morgan fingerprint density at radius 3 is 2.57 bits per heavy atom. The van der Waals surface area contributed by atoms with Gasteiger partial charge in [-0.3, -0.25) is 0 Å². The number of carboxylic acid groups (broad SMARTS) is 1. The second-order valence-electron chi connectivity index (χ2n) is 4.38. The van der Waals surface area contributed by atoms with Crippen LogP contribution in [0.4, 0.5) is 4.79 Å². The van der Waals surface area contributed by atoms with Crippen LogP contribution in [0, 0.1) is 0 Å². The molecule has 6 nitrogen and oxygen atoms in total. The van der Waals surface area contributed by atoms with Gasteiger partial charge in [-0.25, -0.2) is 14.8 Å². The molecule has 0 spiro atoms. The maximum absolute atomic E-state index is 8.78. The summed E-state index contributed by atoms with van der Waals surface area (Å²) in [6, 6.07) is 13.5. The molecule has 0 aliphatic carbocycles. The highest BCUT2D eigenvalue weighted by Gasteiger charge is 2.12. The Balaban J connectivity index is 0.000000471. The molecule has 0 aliphatic rings. The highest BCUT2D eigenvalue weighted by atomic mass is 79.9. The van der Waals surface area contributed by atoms with E-state index in [1.165, 1.54) is 0 Å². The summed E-state index contributed by atoms with van der Waals surface area (Å²) < 4.78 is 14.1. The fourth-order valence-corrected chi connectivity index (χ4v) is 2.47. The number of primary amides is 1. The first-order chi connectivity index (χ1) is 11.4. The van der Waals surface area contributed by atoms with Crippen molar-refractivity contribution in [3.63, 3.8) is 0 Å². The van der Waals surface area contributed by atoms with Crippen LogP contribution < -0.4 is 10.5 Å². The fourth-order valence-electron chi connectivity index (χ4n) is 2.04. The standard InChI is InChI=1S/C15H11BrN2O.CH3NO2/c1-19-13-8-11(16)7-12-14(13)15(18-9-17-12)10-5-3-2-4-6-10;2-1(3)4/h2-9H,1H3;2H2,(H,3,4)/i9D;. The Labute approximate surface area is 142 Å². The zero-order valence-electron chi connectivity index (χ0n) is 13.2. The van der Waals surface area contributed by atoms with Crippen LogP contribution in [0.5, 0.6) is 5.75 Å². The Kier molecular flexibility index (Phi) is 5.00. The molecule has 0 unspecified atom stereocenters. The molecule has 118 valence electrons. The number of hydrogen-bond donors (Lipinski definition) is 2. The number of amides is 1. The van der Waals surface area contributed by atoms with Crippen LogP contribution in [0.1, 0.15) is 1.37 Å². The average Bonchev–Trinajstić information content (AvgIpc) is 2.53. The molecule has 0 saturated carbocycles. The van der Waals surface area contributed by atoms with Gasteiger partial charge >= 0.3 is 6.09 Å². The van der Waals surface area contributed by atoms with Gasteiger partial charge in [0, 0.05) is 10.0 Å². The van der Waals surface area contributed by atoms with E-state index in [4.69, 9.17) is 16.0 Å². The third-order valence-corrected chi connectivity index (χ3v) is 3.34. The molecule has 1 aromatic heterocycles. The lowest BCUT2D eigenvalue weighted by Gasteiger charge is -2.10. The lowest BCUT2D eigenvalue weighted by atomic mass is 10.1. The summed E-state index contributed by atoms with van der Waals surface area (Å²) in [5.41, 5.74) is 6.37. The van der Waals surface area contributed by atoms with Crippen LogP contribution >= 0.6 is 15.9 Å². The quantitative estimate of drug-likeness (QED) is 0.710. The van der Waals surface area contributed by atoms with E-state index in [0.29, 0.717) is 17.0 Å². The molecule has 0 bridgehead atoms. The molecule has 1 amide bonds. The lowest BCUT2D eigenvalue weighted by Crippen LogP contribution is -2.03. The molecule has 0 atom stereocenters. The summed E-state index contributed by atoms with van der Waals surface area (Å²) >= 11 is 3.43. The molecule has 1 heterocycles.